The number of morpholine rings is 1. The summed E-state index contributed by atoms with van der Waals surface area (Å²) in [5, 5.41) is 2.06. The molecule has 1 N–H and O–H groups in total. The first-order valence-corrected chi connectivity index (χ1v) is 12.4. The molecule has 176 valence electrons. The van der Waals surface area contributed by atoms with Crippen LogP contribution < -0.4 is 10.2 Å². The van der Waals surface area contributed by atoms with E-state index in [2.05, 4.69) is 5.32 Å². The fourth-order valence-electron chi connectivity index (χ4n) is 4.64. The number of nitrogens with zero attached hydrogens (tertiary/aromatic N) is 3. The summed E-state index contributed by atoms with van der Waals surface area (Å²) in [4.78, 5) is 29.9. The van der Waals surface area contributed by atoms with Crippen LogP contribution in [0.1, 0.15) is 13.8 Å². The molecular formula is C21H29FN4O5S. The molecule has 1 aromatic carbocycles. The lowest BCUT2D eigenvalue weighted by molar-refractivity contribution is -0.166. The van der Waals surface area contributed by atoms with Crippen molar-refractivity contribution in [1.82, 2.24) is 14.5 Å². The maximum atomic E-state index is 14.1. The number of nitrogens with one attached hydrogen (secondary N) is 1. The van der Waals surface area contributed by atoms with Crippen molar-refractivity contribution in [1.29, 1.82) is 0 Å². The average Bonchev–Trinajstić information content (AvgIpc) is 3.17. The summed E-state index contributed by atoms with van der Waals surface area (Å²) in [6.07, 6.45) is 0. The molecule has 3 aliphatic rings. The molecule has 2 atom stereocenters. The summed E-state index contributed by atoms with van der Waals surface area (Å²) < 4.78 is 46.8. The highest BCUT2D eigenvalue weighted by molar-refractivity contribution is 7.89. The number of carbonyl (C=O) groups is 2. The van der Waals surface area contributed by atoms with Crippen molar-refractivity contribution >= 4 is 27.5 Å². The van der Waals surface area contributed by atoms with Crippen molar-refractivity contribution in [3.8, 4) is 0 Å². The van der Waals surface area contributed by atoms with Crippen LogP contribution in [0, 0.1) is 11.7 Å². The number of para-hydroxylation sites is 1. The van der Waals surface area contributed by atoms with Crippen molar-refractivity contribution < 1.29 is 27.1 Å². The van der Waals surface area contributed by atoms with Gasteiger partial charge in [0.2, 0.25) is 15.9 Å². The Bertz CT molecular complexity index is 996. The minimum absolute atomic E-state index is 0.0969. The number of hydrogen-bond acceptors (Lipinski definition) is 6. The second kappa shape index (κ2) is 8.60. The predicted molar refractivity (Wildman–Crippen MR) is 116 cm³/mol. The largest absolute Gasteiger partial charge is 0.366 e. The Kier molecular flexibility index (Phi) is 6.17. The van der Waals surface area contributed by atoms with Crippen LogP contribution in [0.2, 0.25) is 0 Å². The van der Waals surface area contributed by atoms with Gasteiger partial charge in [-0.1, -0.05) is 12.1 Å². The highest BCUT2D eigenvalue weighted by Crippen LogP contribution is 2.37. The number of hydrogen-bond donors (Lipinski definition) is 1. The summed E-state index contributed by atoms with van der Waals surface area (Å²) in [7, 11) is -3.67. The lowest BCUT2D eigenvalue weighted by Crippen LogP contribution is -2.63. The van der Waals surface area contributed by atoms with Gasteiger partial charge in [0.1, 0.15) is 5.82 Å². The van der Waals surface area contributed by atoms with E-state index in [-0.39, 0.29) is 31.4 Å². The number of sulfonamides is 1. The SMILES string of the molecule is CC(C)S(=O)(=O)N1C[C@H](C(=O)N2CCN(c3ccccc3F)CC2)[C@@]2(C1)OCCNC2=O. The molecule has 4 rings (SSSR count). The molecule has 2 amide bonds. The number of halogens is 1. The van der Waals surface area contributed by atoms with Crippen molar-refractivity contribution in [2.24, 2.45) is 5.92 Å². The number of rotatable bonds is 4. The third kappa shape index (κ3) is 3.86. The zero-order valence-electron chi connectivity index (χ0n) is 18.3. The molecule has 3 fully saturated rings. The van der Waals surface area contributed by atoms with Crippen LogP contribution in [-0.2, 0) is 24.3 Å². The standard InChI is InChI=1S/C21H29FN4O5S/c1-15(2)32(29,30)26-13-16(21(14-26)20(28)23-7-12-31-21)19(27)25-10-8-24(9-11-25)18-6-4-3-5-17(18)22/h3-6,15-16H,7-14H2,1-2H3,(H,23,28)/t16-,21-/m1/s1. The van der Waals surface area contributed by atoms with Gasteiger partial charge in [0.15, 0.2) is 5.60 Å². The number of piperazine rings is 1. The van der Waals surface area contributed by atoms with Gasteiger partial charge in [0.05, 0.1) is 30.0 Å². The van der Waals surface area contributed by atoms with Gasteiger partial charge in [-0.2, -0.15) is 4.31 Å². The lowest BCUT2D eigenvalue weighted by Gasteiger charge is -2.41. The van der Waals surface area contributed by atoms with Crippen molar-refractivity contribution in [3.63, 3.8) is 0 Å². The van der Waals surface area contributed by atoms with Crippen molar-refractivity contribution in [2.45, 2.75) is 24.7 Å². The Labute approximate surface area is 187 Å². The maximum absolute atomic E-state index is 14.1. The fourth-order valence-corrected chi connectivity index (χ4v) is 5.97. The third-order valence-corrected chi connectivity index (χ3v) is 8.72. The Morgan fingerprint density at radius 3 is 2.53 bits per heavy atom. The van der Waals surface area contributed by atoms with E-state index in [1.165, 1.54) is 10.4 Å². The van der Waals surface area contributed by atoms with Gasteiger partial charge in [-0.15, -0.1) is 0 Å². The Balaban J connectivity index is 1.53. The second-order valence-electron chi connectivity index (χ2n) is 8.70. The molecule has 1 aromatic rings. The van der Waals surface area contributed by atoms with Gasteiger partial charge in [-0.25, -0.2) is 12.8 Å². The van der Waals surface area contributed by atoms with E-state index in [1.807, 2.05) is 4.90 Å². The average molecular weight is 469 g/mol. The van der Waals surface area contributed by atoms with E-state index in [9.17, 15) is 22.4 Å². The summed E-state index contributed by atoms with van der Waals surface area (Å²) in [5.41, 5.74) is -1.04. The van der Waals surface area contributed by atoms with E-state index in [0.717, 1.165) is 0 Å². The number of benzene rings is 1. The quantitative estimate of drug-likeness (QED) is 0.670. The first-order chi connectivity index (χ1) is 15.2. The molecule has 3 aliphatic heterocycles. The van der Waals surface area contributed by atoms with E-state index in [0.29, 0.717) is 38.4 Å². The number of anilines is 1. The first-order valence-electron chi connectivity index (χ1n) is 10.9. The molecule has 32 heavy (non-hydrogen) atoms. The zero-order valence-corrected chi connectivity index (χ0v) is 19.1. The number of carbonyl (C=O) groups excluding carboxylic acids is 2. The van der Waals surface area contributed by atoms with Crippen LogP contribution >= 0.6 is 0 Å². The van der Waals surface area contributed by atoms with Gasteiger partial charge in [-0.3, -0.25) is 9.59 Å². The topological polar surface area (TPSA) is 99.3 Å². The molecule has 3 saturated heterocycles. The van der Waals surface area contributed by atoms with Gasteiger partial charge >= 0.3 is 0 Å². The highest BCUT2D eigenvalue weighted by Gasteiger charge is 2.60. The minimum Gasteiger partial charge on any atom is -0.366 e. The summed E-state index contributed by atoms with van der Waals surface area (Å²) in [5.74, 6) is -2.01. The Morgan fingerprint density at radius 2 is 1.91 bits per heavy atom. The van der Waals surface area contributed by atoms with E-state index < -0.39 is 32.7 Å². The number of ether oxygens (including phenoxy) is 1. The first kappa shape index (κ1) is 22.9. The molecular weight excluding hydrogens is 439 g/mol. The van der Waals surface area contributed by atoms with Gasteiger partial charge in [0.25, 0.3) is 5.91 Å². The predicted octanol–water partition coefficient (Wildman–Crippen LogP) is 0.0295. The maximum Gasteiger partial charge on any atom is 0.254 e. The molecule has 1 spiro atoms. The van der Waals surface area contributed by atoms with E-state index in [4.69, 9.17) is 4.74 Å². The van der Waals surface area contributed by atoms with Gasteiger partial charge in [0, 0.05) is 39.3 Å². The zero-order chi connectivity index (χ0) is 23.1. The molecule has 0 unspecified atom stereocenters. The third-order valence-electron chi connectivity index (χ3n) is 6.53. The fraction of sp³-hybridized carbons (Fsp3) is 0.619. The van der Waals surface area contributed by atoms with Crippen LogP contribution in [0.4, 0.5) is 10.1 Å². The monoisotopic (exact) mass is 468 g/mol. The number of amides is 2. The Hall–Kier alpha value is -2.24. The van der Waals surface area contributed by atoms with Crippen molar-refractivity contribution in [3.05, 3.63) is 30.1 Å². The lowest BCUT2D eigenvalue weighted by atomic mass is 9.87. The van der Waals surface area contributed by atoms with E-state index >= 15 is 0 Å². The second-order valence-corrected chi connectivity index (χ2v) is 11.2. The van der Waals surface area contributed by atoms with Crippen LogP contribution in [0.3, 0.4) is 0 Å². The van der Waals surface area contributed by atoms with Crippen molar-refractivity contribution in [2.75, 3.05) is 57.3 Å². The molecule has 0 bridgehead atoms. The van der Waals surface area contributed by atoms with Crippen LogP contribution in [0.15, 0.2) is 24.3 Å². The highest BCUT2D eigenvalue weighted by atomic mass is 32.2. The van der Waals surface area contributed by atoms with E-state index in [1.54, 1.807) is 36.9 Å². The summed E-state index contributed by atoms with van der Waals surface area (Å²) in [6.45, 7) is 4.97. The van der Waals surface area contributed by atoms with Crippen LogP contribution in [-0.4, -0.2) is 92.7 Å². The van der Waals surface area contributed by atoms with Crippen LogP contribution in [0.25, 0.3) is 0 Å². The smallest absolute Gasteiger partial charge is 0.254 e. The molecule has 11 heteroatoms. The molecule has 0 aliphatic carbocycles. The molecule has 9 nitrogen and oxygen atoms in total. The van der Waals surface area contributed by atoms with Gasteiger partial charge < -0.3 is 19.9 Å². The summed E-state index contributed by atoms with van der Waals surface area (Å²) in [6, 6.07) is 6.50. The molecule has 3 heterocycles. The molecule has 0 aromatic heterocycles. The Morgan fingerprint density at radius 1 is 1.22 bits per heavy atom. The molecule has 0 saturated carbocycles. The normalized spacial score (nSPS) is 27.2. The van der Waals surface area contributed by atoms with Gasteiger partial charge in [-0.05, 0) is 26.0 Å². The summed E-state index contributed by atoms with van der Waals surface area (Å²) >= 11 is 0. The minimum atomic E-state index is -3.67. The molecule has 0 radical (unpaired) electrons. The van der Waals surface area contributed by atoms with Crippen LogP contribution in [0.5, 0.6) is 0 Å².